The molecule has 31 heavy (non-hydrogen) atoms. The molecule has 0 spiro atoms. The number of carbonyl (C=O) groups excluding carboxylic acids is 1. The molecule has 4 saturated carbocycles. The van der Waals surface area contributed by atoms with E-state index in [4.69, 9.17) is 21.4 Å². The quantitative estimate of drug-likeness (QED) is 0.653. The van der Waals surface area contributed by atoms with Gasteiger partial charge in [-0.2, -0.15) is 0 Å². The maximum absolute atomic E-state index is 14.2. The number of aromatic nitrogens is 1. The molecule has 1 aliphatic heterocycles. The van der Waals surface area contributed by atoms with Crippen LogP contribution < -0.4 is 5.32 Å². The van der Waals surface area contributed by atoms with E-state index in [9.17, 15) is 9.18 Å². The number of hydrogen-bond donors (Lipinski definition) is 1. The Balaban J connectivity index is 1.14. The van der Waals surface area contributed by atoms with Crippen molar-refractivity contribution >= 4 is 39.7 Å². The molecule has 4 aliphatic carbocycles. The number of benzene rings is 1. The highest BCUT2D eigenvalue weighted by atomic mass is 35.5. The molecule has 1 N–H and O–H groups in total. The number of amides is 1. The Hall–Kier alpha value is -1.99. The van der Waals surface area contributed by atoms with Crippen molar-refractivity contribution in [3.05, 3.63) is 45.7 Å². The number of oxime groups is 1. The lowest BCUT2D eigenvalue weighted by Crippen LogP contribution is -2.48. The highest BCUT2D eigenvalue weighted by molar-refractivity contribution is 7.14. The van der Waals surface area contributed by atoms with Gasteiger partial charge in [-0.3, -0.25) is 10.1 Å². The zero-order valence-electron chi connectivity index (χ0n) is 16.9. The van der Waals surface area contributed by atoms with Crippen LogP contribution in [0.1, 0.15) is 56.2 Å². The third kappa shape index (κ3) is 3.37. The Labute approximate surface area is 189 Å². The number of anilines is 1. The van der Waals surface area contributed by atoms with Crippen molar-refractivity contribution in [1.82, 2.24) is 4.98 Å². The zero-order chi connectivity index (χ0) is 21.2. The Kier molecular flexibility index (Phi) is 4.62. The summed E-state index contributed by atoms with van der Waals surface area (Å²) in [6.45, 7) is 0. The summed E-state index contributed by atoms with van der Waals surface area (Å²) in [5.74, 6) is 1.74. The van der Waals surface area contributed by atoms with Crippen LogP contribution in [0.25, 0.3) is 0 Å². The molecular weight excluding hydrogens is 437 g/mol. The predicted octanol–water partition coefficient (Wildman–Crippen LogP) is 5.54. The predicted molar refractivity (Wildman–Crippen MR) is 118 cm³/mol. The molecule has 0 saturated heterocycles. The second-order valence-electron chi connectivity index (χ2n) is 9.66. The van der Waals surface area contributed by atoms with Crippen molar-refractivity contribution in [2.75, 3.05) is 5.32 Å². The summed E-state index contributed by atoms with van der Waals surface area (Å²) < 4.78 is 14.2. The average Bonchev–Trinajstić information content (AvgIpc) is 3.37. The van der Waals surface area contributed by atoms with Gasteiger partial charge in [0.15, 0.2) is 5.13 Å². The van der Waals surface area contributed by atoms with E-state index < -0.39 is 11.9 Å². The number of halogens is 2. The first-order chi connectivity index (χ1) is 15.0. The van der Waals surface area contributed by atoms with E-state index in [0.29, 0.717) is 10.8 Å². The number of carbonyl (C=O) groups is 1. The minimum atomic E-state index is -0.822. The third-order valence-corrected chi connectivity index (χ3v) is 8.60. The van der Waals surface area contributed by atoms with Crippen LogP contribution in [0.3, 0.4) is 0 Å². The first-order valence-corrected chi connectivity index (χ1v) is 12.2. The summed E-state index contributed by atoms with van der Waals surface area (Å²) in [7, 11) is 0. The van der Waals surface area contributed by atoms with E-state index in [0.717, 1.165) is 23.4 Å². The summed E-state index contributed by atoms with van der Waals surface area (Å²) in [5, 5.41) is 9.77. The number of thiazole rings is 1. The fourth-order valence-corrected chi connectivity index (χ4v) is 7.73. The van der Waals surface area contributed by atoms with Gasteiger partial charge in [0.05, 0.1) is 22.0 Å². The molecule has 1 aromatic carbocycles. The van der Waals surface area contributed by atoms with Crippen LogP contribution in [0.5, 0.6) is 0 Å². The van der Waals surface area contributed by atoms with Gasteiger partial charge in [-0.25, -0.2) is 9.37 Å². The summed E-state index contributed by atoms with van der Waals surface area (Å²) in [6.07, 6.45) is 7.23. The Bertz CT molecular complexity index is 1030. The van der Waals surface area contributed by atoms with Gasteiger partial charge in [-0.15, -0.1) is 11.3 Å². The summed E-state index contributed by atoms with van der Waals surface area (Å²) in [4.78, 5) is 22.9. The molecule has 0 radical (unpaired) electrons. The molecule has 162 valence electrons. The van der Waals surface area contributed by atoms with E-state index in [1.807, 2.05) is 0 Å². The Morgan fingerprint density at radius 3 is 2.58 bits per heavy atom. The minimum Gasteiger partial charge on any atom is -0.382 e. The highest BCUT2D eigenvalue weighted by Gasteiger charge is 2.52. The van der Waals surface area contributed by atoms with Crippen molar-refractivity contribution in [2.45, 2.75) is 56.5 Å². The molecule has 5 nitrogen and oxygen atoms in total. The van der Waals surface area contributed by atoms with Gasteiger partial charge in [0.1, 0.15) is 5.82 Å². The normalized spacial score (nSPS) is 33.3. The van der Waals surface area contributed by atoms with Crippen LogP contribution in [-0.2, 0) is 15.0 Å². The first-order valence-electron chi connectivity index (χ1n) is 10.9. The van der Waals surface area contributed by atoms with Crippen molar-refractivity contribution in [3.63, 3.8) is 0 Å². The molecule has 1 unspecified atom stereocenters. The van der Waals surface area contributed by atoms with Crippen LogP contribution in [0.4, 0.5) is 9.52 Å². The van der Waals surface area contributed by atoms with E-state index in [1.54, 1.807) is 6.07 Å². The zero-order valence-corrected chi connectivity index (χ0v) is 18.5. The number of nitrogens with one attached hydrogen (secondary N) is 1. The molecular formula is C23H23ClFN3O2S. The fourth-order valence-electron chi connectivity index (χ4n) is 6.62. The van der Waals surface area contributed by atoms with Gasteiger partial charge in [0, 0.05) is 17.2 Å². The van der Waals surface area contributed by atoms with Gasteiger partial charge in [0.2, 0.25) is 6.10 Å². The molecule has 7 rings (SSSR count). The highest BCUT2D eigenvalue weighted by Crippen LogP contribution is 2.60. The van der Waals surface area contributed by atoms with Crippen LogP contribution in [0.2, 0.25) is 5.02 Å². The van der Waals surface area contributed by atoms with Crippen LogP contribution in [-0.4, -0.2) is 22.7 Å². The molecule has 2 heterocycles. The Morgan fingerprint density at radius 2 is 1.90 bits per heavy atom. The molecule has 2 aromatic rings. The van der Waals surface area contributed by atoms with Gasteiger partial charge in [-0.05, 0) is 68.4 Å². The molecule has 4 bridgehead atoms. The average molecular weight is 460 g/mol. The lowest BCUT2D eigenvalue weighted by Gasteiger charge is -2.56. The van der Waals surface area contributed by atoms with Gasteiger partial charge in [-0.1, -0.05) is 22.8 Å². The van der Waals surface area contributed by atoms with Gasteiger partial charge in [0.25, 0.3) is 5.91 Å². The Morgan fingerprint density at radius 1 is 1.19 bits per heavy atom. The first kappa shape index (κ1) is 19.7. The van der Waals surface area contributed by atoms with Crippen molar-refractivity contribution in [1.29, 1.82) is 0 Å². The molecule has 5 aliphatic rings. The SMILES string of the molecule is O=C(Nc1nc(C23CC4CC(CC(C4)C2)C3)cs1)C1CC(c2c(F)cccc2Cl)=NO1. The number of rotatable bonds is 4. The van der Waals surface area contributed by atoms with Crippen LogP contribution >= 0.6 is 22.9 Å². The summed E-state index contributed by atoms with van der Waals surface area (Å²) in [5.41, 5.74) is 1.89. The molecule has 4 fully saturated rings. The lowest BCUT2D eigenvalue weighted by atomic mass is 9.49. The molecule has 1 aromatic heterocycles. The molecule has 1 amide bonds. The van der Waals surface area contributed by atoms with Crippen molar-refractivity contribution in [2.24, 2.45) is 22.9 Å². The number of hydrogen-bond acceptors (Lipinski definition) is 5. The van der Waals surface area contributed by atoms with Gasteiger partial charge < -0.3 is 4.84 Å². The monoisotopic (exact) mass is 459 g/mol. The molecule has 8 heteroatoms. The van der Waals surface area contributed by atoms with E-state index >= 15 is 0 Å². The van der Waals surface area contributed by atoms with E-state index in [1.165, 1.54) is 62.0 Å². The third-order valence-electron chi connectivity index (χ3n) is 7.53. The summed E-state index contributed by atoms with van der Waals surface area (Å²) >= 11 is 7.58. The smallest absolute Gasteiger partial charge is 0.270 e. The van der Waals surface area contributed by atoms with Crippen molar-refractivity contribution in [3.8, 4) is 0 Å². The second kappa shape index (κ2) is 7.27. The maximum atomic E-state index is 14.2. The van der Waals surface area contributed by atoms with E-state index in [-0.39, 0.29) is 28.3 Å². The van der Waals surface area contributed by atoms with Gasteiger partial charge >= 0.3 is 0 Å². The topological polar surface area (TPSA) is 63.6 Å². The standard InChI is InChI=1S/C23H23ClFN3O2S/c24-15-2-1-3-16(25)20(15)17-7-18(30-28-17)21(29)27-22-26-19(11-31-22)23-8-12-4-13(9-23)6-14(5-12)10-23/h1-3,11-14,18H,4-10H2,(H,26,27,29). The molecule has 1 atom stereocenters. The number of nitrogens with zero attached hydrogens (tertiary/aromatic N) is 2. The van der Waals surface area contributed by atoms with Crippen LogP contribution in [0.15, 0.2) is 28.7 Å². The lowest BCUT2D eigenvalue weighted by molar-refractivity contribution is -0.125. The van der Waals surface area contributed by atoms with E-state index in [2.05, 4.69) is 15.9 Å². The second-order valence-corrected chi connectivity index (χ2v) is 10.9. The fraction of sp³-hybridized carbons (Fsp3) is 0.522. The summed E-state index contributed by atoms with van der Waals surface area (Å²) in [6, 6.07) is 4.45. The van der Waals surface area contributed by atoms with Crippen LogP contribution in [0, 0.1) is 23.6 Å². The van der Waals surface area contributed by atoms with Crippen molar-refractivity contribution < 1.29 is 14.0 Å². The maximum Gasteiger partial charge on any atom is 0.270 e. The largest absolute Gasteiger partial charge is 0.382 e. The minimum absolute atomic E-state index is 0.166.